The highest BCUT2D eigenvalue weighted by atomic mass is 16.6. The van der Waals surface area contributed by atoms with E-state index in [1.165, 1.54) is 50.2 Å². The number of aryl methyl sites for hydroxylation is 1. The van der Waals surface area contributed by atoms with E-state index in [9.17, 15) is 10.1 Å². The zero-order chi connectivity index (χ0) is 18.1. The van der Waals surface area contributed by atoms with Crippen LogP contribution in [0.3, 0.4) is 0 Å². The highest BCUT2D eigenvalue weighted by molar-refractivity contribution is 5.87. The summed E-state index contributed by atoms with van der Waals surface area (Å²) in [6.45, 7) is 5.82. The van der Waals surface area contributed by atoms with Crippen molar-refractivity contribution in [3.05, 3.63) is 39.6 Å². The molecule has 0 saturated carbocycles. The van der Waals surface area contributed by atoms with Gasteiger partial charge in [0.15, 0.2) is 0 Å². The van der Waals surface area contributed by atoms with Gasteiger partial charge in [0, 0.05) is 40.8 Å². The van der Waals surface area contributed by atoms with Crippen LogP contribution in [0.25, 0.3) is 10.9 Å². The summed E-state index contributed by atoms with van der Waals surface area (Å²) in [6, 6.07) is 6.09. The highest BCUT2D eigenvalue weighted by Gasteiger charge is 2.28. The minimum absolute atomic E-state index is 0.178. The molecule has 6 nitrogen and oxygen atoms in total. The van der Waals surface area contributed by atoms with Crippen molar-refractivity contribution < 1.29 is 4.92 Å². The normalized spacial score (nSPS) is 21.8. The van der Waals surface area contributed by atoms with Crippen LogP contribution in [-0.2, 0) is 6.42 Å². The van der Waals surface area contributed by atoms with Crippen LogP contribution in [0.1, 0.15) is 56.3 Å². The first-order valence-corrected chi connectivity index (χ1v) is 9.93. The number of rotatable bonds is 5. The molecule has 4 rings (SSSR count). The summed E-state index contributed by atoms with van der Waals surface area (Å²) in [5.74, 6) is 0. The summed E-state index contributed by atoms with van der Waals surface area (Å²) in [5.41, 5.74) is 3.73. The summed E-state index contributed by atoms with van der Waals surface area (Å²) >= 11 is 0. The number of hydrogen-bond acceptors (Lipinski definition) is 4. The monoisotopic (exact) mass is 356 g/mol. The zero-order valence-corrected chi connectivity index (χ0v) is 15.5. The maximum atomic E-state index is 11.1. The van der Waals surface area contributed by atoms with Gasteiger partial charge in [0.25, 0.3) is 5.69 Å². The number of non-ortho nitro benzene ring substituents is 1. The van der Waals surface area contributed by atoms with E-state index in [4.69, 9.17) is 0 Å². The number of aromatic nitrogens is 1. The van der Waals surface area contributed by atoms with Gasteiger partial charge in [-0.15, -0.1) is 0 Å². The summed E-state index contributed by atoms with van der Waals surface area (Å²) in [6.07, 6.45) is 6.91. The Morgan fingerprint density at radius 1 is 1.31 bits per heavy atom. The van der Waals surface area contributed by atoms with Crippen molar-refractivity contribution in [2.24, 2.45) is 0 Å². The zero-order valence-electron chi connectivity index (χ0n) is 15.5. The lowest BCUT2D eigenvalue weighted by atomic mass is 9.90. The van der Waals surface area contributed by atoms with Crippen molar-refractivity contribution in [1.82, 2.24) is 15.2 Å². The number of nitrogens with one attached hydrogen (secondary N) is 2. The smallest absolute Gasteiger partial charge is 0.270 e. The lowest BCUT2D eigenvalue weighted by Gasteiger charge is -2.35. The summed E-state index contributed by atoms with van der Waals surface area (Å²) < 4.78 is 0. The molecule has 1 fully saturated rings. The van der Waals surface area contributed by atoms with Gasteiger partial charge in [0.05, 0.1) is 4.92 Å². The Balaban J connectivity index is 1.52. The number of nitro benzene ring substituents is 1. The van der Waals surface area contributed by atoms with Crippen LogP contribution in [0.2, 0.25) is 0 Å². The topological polar surface area (TPSA) is 74.2 Å². The molecule has 0 spiro atoms. The largest absolute Gasteiger partial charge is 0.357 e. The Hall–Kier alpha value is -1.92. The molecular weight excluding hydrogens is 328 g/mol. The third kappa shape index (κ3) is 3.35. The van der Waals surface area contributed by atoms with Crippen molar-refractivity contribution in [2.45, 2.75) is 57.5 Å². The van der Waals surface area contributed by atoms with E-state index in [2.05, 4.69) is 22.1 Å². The van der Waals surface area contributed by atoms with Gasteiger partial charge in [-0.2, -0.15) is 0 Å². The molecule has 1 aromatic carbocycles. The first-order chi connectivity index (χ1) is 12.7. The molecule has 2 aliphatic rings. The van der Waals surface area contributed by atoms with E-state index in [-0.39, 0.29) is 10.6 Å². The Morgan fingerprint density at radius 2 is 2.12 bits per heavy atom. The average Bonchev–Trinajstić information content (AvgIpc) is 3.02. The van der Waals surface area contributed by atoms with Crippen LogP contribution < -0.4 is 5.32 Å². The van der Waals surface area contributed by atoms with Gasteiger partial charge in [0.1, 0.15) is 0 Å². The summed E-state index contributed by atoms with van der Waals surface area (Å²) in [5, 5.41) is 16.0. The number of benzene rings is 1. The van der Waals surface area contributed by atoms with Gasteiger partial charge in [-0.25, -0.2) is 0 Å². The van der Waals surface area contributed by atoms with Gasteiger partial charge < -0.3 is 15.2 Å². The number of aromatic amines is 1. The van der Waals surface area contributed by atoms with Crippen molar-refractivity contribution in [1.29, 1.82) is 0 Å². The molecule has 2 heterocycles. The van der Waals surface area contributed by atoms with Crippen molar-refractivity contribution in [3.8, 4) is 0 Å². The van der Waals surface area contributed by atoms with Crippen LogP contribution in [0.5, 0.6) is 0 Å². The van der Waals surface area contributed by atoms with Crippen molar-refractivity contribution in [3.63, 3.8) is 0 Å². The molecule has 0 radical (unpaired) electrons. The second-order valence-electron chi connectivity index (χ2n) is 7.73. The van der Waals surface area contributed by atoms with Gasteiger partial charge in [-0.05, 0) is 69.8 Å². The van der Waals surface area contributed by atoms with Gasteiger partial charge in [-0.1, -0.05) is 6.92 Å². The SMILES string of the molecule is CCCN1CCC(N[C@H]2CCCc3c2[nH]c2ccc([N+](=O)[O-])cc32)CC1. The molecule has 140 valence electrons. The maximum absolute atomic E-state index is 11.1. The average molecular weight is 356 g/mol. The molecular formula is C20H28N4O2. The van der Waals surface area contributed by atoms with Crippen molar-refractivity contribution >= 4 is 16.6 Å². The molecule has 0 unspecified atom stereocenters. The third-order valence-electron chi connectivity index (χ3n) is 5.97. The van der Waals surface area contributed by atoms with Crippen LogP contribution in [0, 0.1) is 10.1 Å². The lowest BCUT2D eigenvalue weighted by molar-refractivity contribution is -0.384. The molecule has 1 aliphatic heterocycles. The quantitative estimate of drug-likeness (QED) is 0.629. The number of H-pyrrole nitrogens is 1. The summed E-state index contributed by atoms with van der Waals surface area (Å²) in [4.78, 5) is 16.9. The molecule has 1 aromatic heterocycles. The molecule has 26 heavy (non-hydrogen) atoms. The van der Waals surface area contributed by atoms with E-state index < -0.39 is 0 Å². The molecule has 1 saturated heterocycles. The second kappa shape index (κ2) is 7.37. The molecule has 1 atom stereocenters. The predicted octanol–water partition coefficient (Wildman–Crippen LogP) is 3.92. The number of piperidine rings is 1. The van der Waals surface area contributed by atoms with E-state index in [1.807, 2.05) is 6.07 Å². The maximum Gasteiger partial charge on any atom is 0.270 e. The number of fused-ring (bicyclic) bond motifs is 3. The highest BCUT2D eigenvalue weighted by Crippen LogP contribution is 2.36. The predicted molar refractivity (Wildman–Crippen MR) is 104 cm³/mol. The first-order valence-electron chi connectivity index (χ1n) is 9.93. The fraction of sp³-hybridized carbons (Fsp3) is 0.600. The van der Waals surface area contributed by atoms with Gasteiger partial charge >= 0.3 is 0 Å². The van der Waals surface area contributed by atoms with Crippen LogP contribution in [-0.4, -0.2) is 40.5 Å². The number of likely N-dealkylation sites (tertiary alicyclic amines) is 1. The lowest BCUT2D eigenvalue weighted by Crippen LogP contribution is -2.44. The molecule has 0 amide bonds. The molecule has 0 bridgehead atoms. The third-order valence-corrected chi connectivity index (χ3v) is 5.97. The van der Waals surface area contributed by atoms with E-state index in [0.717, 1.165) is 30.2 Å². The molecule has 2 aromatic rings. The standard InChI is InChI=1S/C20H28N4O2/c1-2-10-23-11-8-14(9-12-23)21-19-5-3-4-16-17-13-15(24(25)26)6-7-18(17)22-20(16)19/h6-7,13-14,19,21-22H,2-5,8-12H2,1H3/t19-/m0/s1. The van der Waals surface area contributed by atoms with Crippen LogP contribution in [0.15, 0.2) is 18.2 Å². The number of nitrogens with zero attached hydrogens (tertiary/aromatic N) is 2. The molecule has 6 heteroatoms. The van der Waals surface area contributed by atoms with E-state index in [0.29, 0.717) is 12.1 Å². The Morgan fingerprint density at radius 3 is 2.85 bits per heavy atom. The van der Waals surface area contributed by atoms with Crippen molar-refractivity contribution in [2.75, 3.05) is 19.6 Å². The molecule has 2 N–H and O–H groups in total. The Bertz CT molecular complexity index is 792. The van der Waals surface area contributed by atoms with E-state index in [1.54, 1.807) is 12.1 Å². The second-order valence-corrected chi connectivity index (χ2v) is 7.73. The number of nitro groups is 1. The Kier molecular flexibility index (Phi) is 4.96. The van der Waals surface area contributed by atoms with E-state index >= 15 is 0 Å². The fourth-order valence-corrected chi connectivity index (χ4v) is 4.65. The number of hydrogen-bond donors (Lipinski definition) is 2. The van der Waals surface area contributed by atoms with Crippen LogP contribution in [0.4, 0.5) is 5.69 Å². The van der Waals surface area contributed by atoms with Gasteiger partial charge in [-0.3, -0.25) is 10.1 Å². The minimum Gasteiger partial charge on any atom is -0.357 e. The Labute approximate surface area is 154 Å². The van der Waals surface area contributed by atoms with Gasteiger partial charge in [0.2, 0.25) is 0 Å². The van der Waals surface area contributed by atoms with Crippen LogP contribution >= 0.6 is 0 Å². The first kappa shape index (κ1) is 17.5. The fourth-order valence-electron chi connectivity index (χ4n) is 4.65. The minimum atomic E-state index is -0.304. The summed E-state index contributed by atoms with van der Waals surface area (Å²) in [7, 11) is 0. The molecule has 1 aliphatic carbocycles.